The van der Waals surface area contributed by atoms with Crippen LogP contribution >= 0.6 is 23.3 Å². The zero-order valence-electron chi connectivity index (χ0n) is 11.4. The van der Waals surface area contributed by atoms with Gasteiger partial charge in [-0.2, -0.15) is 11.8 Å². The van der Waals surface area contributed by atoms with E-state index in [-0.39, 0.29) is 0 Å². The third-order valence-corrected chi connectivity index (χ3v) is 4.99. The van der Waals surface area contributed by atoms with Crippen molar-refractivity contribution in [1.29, 1.82) is 0 Å². The first-order valence-electron chi connectivity index (χ1n) is 6.52. The van der Waals surface area contributed by atoms with Crippen molar-refractivity contribution in [1.82, 2.24) is 14.5 Å². The highest BCUT2D eigenvalue weighted by molar-refractivity contribution is 8.00. The van der Waals surface area contributed by atoms with Gasteiger partial charge in [0.1, 0.15) is 10.7 Å². The van der Waals surface area contributed by atoms with Gasteiger partial charge >= 0.3 is 0 Å². The van der Waals surface area contributed by atoms with Crippen LogP contribution in [0.4, 0.5) is 5.00 Å². The fourth-order valence-electron chi connectivity index (χ4n) is 2.15. The molecule has 6 heteroatoms. The molecule has 0 bridgehead atoms. The monoisotopic (exact) mass is 286 g/mol. The van der Waals surface area contributed by atoms with Crippen LogP contribution < -0.4 is 5.32 Å². The van der Waals surface area contributed by atoms with Gasteiger partial charge in [0.05, 0.1) is 0 Å². The van der Waals surface area contributed by atoms with Gasteiger partial charge in [-0.05, 0) is 20.3 Å². The van der Waals surface area contributed by atoms with Crippen molar-refractivity contribution < 1.29 is 0 Å². The summed E-state index contributed by atoms with van der Waals surface area (Å²) >= 11 is 3.54. The van der Waals surface area contributed by atoms with Gasteiger partial charge < -0.3 is 5.32 Å². The van der Waals surface area contributed by atoms with Gasteiger partial charge in [0, 0.05) is 48.2 Å². The molecule has 1 aromatic rings. The Morgan fingerprint density at radius 3 is 3.00 bits per heavy atom. The van der Waals surface area contributed by atoms with E-state index in [1.54, 1.807) is 0 Å². The first-order chi connectivity index (χ1) is 8.61. The summed E-state index contributed by atoms with van der Waals surface area (Å²) in [5.41, 5.74) is 1.11. The maximum absolute atomic E-state index is 4.27. The van der Waals surface area contributed by atoms with Gasteiger partial charge in [-0.1, -0.05) is 11.4 Å². The molecule has 0 amide bonds. The Balaban J connectivity index is 1.94. The van der Waals surface area contributed by atoms with Crippen molar-refractivity contribution in [3.63, 3.8) is 0 Å². The second-order valence-electron chi connectivity index (χ2n) is 5.29. The number of hydrogen-bond donors (Lipinski definition) is 1. The number of hydrogen-bond acceptors (Lipinski definition) is 6. The smallest absolute Gasteiger partial charge is 0.134 e. The number of aromatic nitrogens is 2. The number of rotatable bonds is 5. The van der Waals surface area contributed by atoms with E-state index in [0.29, 0.717) is 4.75 Å². The molecule has 1 saturated heterocycles. The molecule has 1 N–H and O–H groups in total. The molecule has 1 aliphatic rings. The summed E-state index contributed by atoms with van der Waals surface area (Å²) in [6.07, 6.45) is 1.13. The Morgan fingerprint density at radius 1 is 1.44 bits per heavy atom. The van der Waals surface area contributed by atoms with Crippen LogP contribution in [0.5, 0.6) is 0 Å². The standard InChI is InChI=1S/C12H22N4S2/c1-4-5-13-11-10(14-15-18-11)8-16-6-7-17-12(2,3)9-16/h13H,4-9H2,1-3H3. The molecule has 2 rings (SSSR count). The third-order valence-electron chi connectivity index (χ3n) is 2.97. The van der Waals surface area contributed by atoms with Crippen LogP contribution in [0.15, 0.2) is 0 Å². The number of nitrogens with zero attached hydrogens (tertiary/aromatic N) is 3. The van der Waals surface area contributed by atoms with Crippen LogP contribution in [0.25, 0.3) is 0 Å². The molecule has 4 nitrogen and oxygen atoms in total. The zero-order valence-corrected chi connectivity index (χ0v) is 13.0. The van der Waals surface area contributed by atoms with Gasteiger partial charge in [0.25, 0.3) is 0 Å². The van der Waals surface area contributed by atoms with Crippen molar-refractivity contribution in [3.05, 3.63) is 5.69 Å². The number of nitrogens with one attached hydrogen (secondary N) is 1. The molecule has 0 radical (unpaired) electrons. The Labute approximate surface area is 118 Å². The molecule has 1 fully saturated rings. The van der Waals surface area contributed by atoms with Crippen LogP contribution in [-0.2, 0) is 6.54 Å². The maximum Gasteiger partial charge on any atom is 0.134 e. The molecule has 1 aromatic heterocycles. The Bertz CT molecular complexity index is 378. The highest BCUT2D eigenvalue weighted by Gasteiger charge is 2.27. The van der Waals surface area contributed by atoms with Crippen LogP contribution in [0, 0.1) is 0 Å². The van der Waals surface area contributed by atoms with Gasteiger partial charge in [-0.25, -0.2) is 0 Å². The second kappa shape index (κ2) is 6.21. The maximum atomic E-state index is 4.27. The van der Waals surface area contributed by atoms with Crippen molar-refractivity contribution >= 4 is 28.3 Å². The van der Waals surface area contributed by atoms with Crippen molar-refractivity contribution in [2.24, 2.45) is 0 Å². The van der Waals surface area contributed by atoms with Crippen LogP contribution in [-0.4, -0.2) is 44.6 Å². The van der Waals surface area contributed by atoms with Crippen LogP contribution in [0.2, 0.25) is 0 Å². The summed E-state index contributed by atoms with van der Waals surface area (Å²) < 4.78 is 4.43. The molecular weight excluding hydrogens is 264 g/mol. The topological polar surface area (TPSA) is 41.1 Å². The largest absolute Gasteiger partial charge is 0.374 e. The summed E-state index contributed by atoms with van der Waals surface area (Å²) in [7, 11) is 0. The summed E-state index contributed by atoms with van der Waals surface area (Å²) in [5, 5.41) is 8.83. The molecule has 18 heavy (non-hydrogen) atoms. The lowest BCUT2D eigenvalue weighted by atomic mass is 10.2. The van der Waals surface area contributed by atoms with Gasteiger partial charge in [-0.3, -0.25) is 4.90 Å². The van der Waals surface area contributed by atoms with E-state index >= 15 is 0 Å². The highest BCUT2D eigenvalue weighted by Crippen LogP contribution is 2.31. The molecule has 1 aliphatic heterocycles. The molecular formula is C12H22N4S2. The lowest BCUT2D eigenvalue weighted by Gasteiger charge is -2.37. The SMILES string of the molecule is CCCNc1snnc1CN1CCSC(C)(C)C1. The molecule has 0 unspecified atom stereocenters. The quantitative estimate of drug-likeness (QED) is 0.901. The second-order valence-corrected chi connectivity index (χ2v) is 7.85. The van der Waals surface area contributed by atoms with E-state index < -0.39 is 0 Å². The van der Waals surface area contributed by atoms with Crippen molar-refractivity contribution in [2.45, 2.75) is 38.5 Å². The Kier molecular flexibility index (Phi) is 4.86. The average Bonchev–Trinajstić information content (AvgIpc) is 2.72. The molecule has 2 heterocycles. The minimum atomic E-state index is 0.360. The van der Waals surface area contributed by atoms with E-state index in [4.69, 9.17) is 0 Å². The first-order valence-corrected chi connectivity index (χ1v) is 8.28. The molecule has 102 valence electrons. The Hall–Kier alpha value is -0.330. The highest BCUT2D eigenvalue weighted by atomic mass is 32.2. The van der Waals surface area contributed by atoms with E-state index in [1.807, 2.05) is 0 Å². The van der Waals surface area contributed by atoms with E-state index in [1.165, 1.54) is 17.3 Å². The fraction of sp³-hybridized carbons (Fsp3) is 0.833. The first kappa shape index (κ1) is 14.1. The fourth-order valence-corrected chi connectivity index (χ4v) is 3.92. The number of thioether (sulfide) groups is 1. The molecule has 0 atom stereocenters. The summed E-state index contributed by atoms with van der Waals surface area (Å²) in [4.78, 5) is 2.49. The lowest BCUT2D eigenvalue weighted by molar-refractivity contribution is 0.250. The zero-order chi connectivity index (χ0) is 13.0. The predicted molar refractivity (Wildman–Crippen MR) is 80.5 cm³/mol. The predicted octanol–water partition coefficient (Wildman–Crippen LogP) is 2.69. The van der Waals surface area contributed by atoms with Gasteiger partial charge in [0.15, 0.2) is 0 Å². The van der Waals surface area contributed by atoms with E-state index in [9.17, 15) is 0 Å². The van der Waals surface area contributed by atoms with Gasteiger partial charge in [0.2, 0.25) is 0 Å². The average molecular weight is 286 g/mol. The summed E-state index contributed by atoms with van der Waals surface area (Å²) in [6.45, 7) is 11.0. The van der Waals surface area contributed by atoms with E-state index in [0.717, 1.165) is 43.3 Å². The van der Waals surface area contributed by atoms with Gasteiger partial charge in [-0.15, -0.1) is 5.10 Å². The summed E-state index contributed by atoms with van der Waals surface area (Å²) in [5.74, 6) is 1.21. The Morgan fingerprint density at radius 2 is 2.28 bits per heavy atom. The van der Waals surface area contributed by atoms with Crippen LogP contribution in [0.3, 0.4) is 0 Å². The number of anilines is 1. The van der Waals surface area contributed by atoms with Crippen LogP contribution in [0.1, 0.15) is 32.9 Å². The minimum Gasteiger partial charge on any atom is -0.374 e. The normalized spacial score (nSPS) is 19.9. The third kappa shape index (κ3) is 3.83. The van der Waals surface area contributed by atoms with E-state index in [2.05, 4.69) is 52.3 Å². The lowest BCUT2D eigenvalue weighted by Crippen LogP contribution is -2.42. The van der Waals surface area contributed by atoms with Crippen molar-refractivity contribution in [3.8, 4) is 0 Å². The van der Waals surface area contributed by atoms with Crippen molar-refractivity contribution in [2.75, 3.05) is 30.7 Å². The molecule has 0 saturated carbocycles. The summed E-state index contributed by atoms with van der Waals surface area (Å²) in [6, 6.07) is 0. The molecule has 0 aliphatic carbocycles. The minimum absolute atomic E-state index is 0.360. The molecule has 0 aromatic carbocycles. The molecule has 0 spiro atoms.